The highest BCUT2D eigenvalue weighted by Crippen LogP contribution is 2.21. The van der Waals surface area contributed by atoms with Crippen LogP contribution in [-0.2, 0) is 6.42 Å². The smallest absolute Gasteiger partial charge is 0.0406 e. The van der Waals surface area contributed by atoms with E-state index in [1.807, 2.05) is 30.3 Å². The second kappa shape index (κ2) is 5.18. The van der Waals surface area contributed by atoms with Crippen molar-refractivity contribution >= 4 is 11.6 Å². The fraction of sp³-hybridized carbons (Fsp3) is 0.200. The van der Waals surface area contributed by atoms with Gasteiger partial charge in [-0.25, -0.2) is 0 Å². The summed E-state index contributed by atoms with van der Waals surface area (Å²) in [5.41, 5.74) is 3.65. The lowest BCUT2D eigenvalue weighted by molar-refractivity contribution is 0.920. The molecule has 0 aromatic heterocycles. The molecule has 0 saturated carbocycles. The summed E-state index contributed by atoms with van der Waals surface area (Å²) in [5, 5.41) is 0.773. The van der Waals surface area contributed by atoms with Crippen molar-refractivity contribution in [1.29, 1.82) is 0 Å². The highest BCUT2D eigenvalue weighted by molar-refractivity contribution is 6.30. The summed E-state index contributed by atoms with van der Waals surface area (Å²) in [5.74, 6) is 0. The molecule has 0 aliphatic carbocycles. The molecule has 16 heavy (non-hydrogen) atoms. The summed E-state index contributed by atoms with van der Waals surface area (Å²) < 4.78 is 0. The Labute approximate surface area is 102 Å². The normalized spacial score (nSPS) is 10.4. The Morgan fingerprint density at radius 2 is 1.69 bits per heavy atom. The highest BCUT2D eigenvalue weighted by Gasteiger charge is 1.98. The lowest BCUT2D eigenvalue weighted by Crippen LogP contribution is -1.84. The van der Waals surface area contributed by atoms with Crippen LogP contribution in [0.3, 0.4) is 0 Å². The molecular formula is C15H14Cl. The first-order chi connectivity index (χ1) is 7.79. The Hall–Kier alpha value is -1.27. The fourth-order valence-corrected chi connectivity index (χ4v) is 1.83. The number of rotatable bonds is 3. The maximum Gasteiger partial charge on any atom is 0.0406 e. The van der Waals surface area contributed by atoms with Gasteiger partial charge in [-0.3, -0.25) is 0 Å². The van der Waals surface area contributed by atoms with Crippen molar-refractivity contribution in [2.24, 2.45) is 0 Å². The summed E-state index contributed by atoms with van der Waals surface area (Å²) in [6, 6.07) is 17.6. The van der Waals surface area contributed by atoms with E-state index in [-0.39, 0.29) is 0 Å². The molecule has 2 aromatic carbocycles. The Morgan fingerprint density at radius 1 is 1.00 bits per heavy atom. The van der Waals surface area contributed by atoms with Crippen molar-refractivity contribution in [3.05, 3.63) is 59.1 Å². The maximum absolute atomic E-state index is 5.86. The van der Waals surface area contributed by atoms with Crippen molar-refractivity contribution in [3.63, 3.8) is 0 Å². The van der Waals surface area contributed by atoms with Crippen LogP contribution in [-0.4, -0.2) is 0 Å². The van der Waals surface area contributed by atoms with Crippen LogP contribution in [0.25, 0.3) is 11.1 Å². The highest BCUT2D eigenvalue weighted by atomic mass is 35.5. The number of hydrogen-bond acceptors (Lipinski definition) is 0. The summed E-state index contributed by atoms with van der Waals surface area (Å²) >= 11 is 5.86. The van der Waals surface area contributed by atoms with Gasteiger partial charge >= 0.3 is 0 Å². The molecule has 1 heteroatoms. The third-order valence-corrected chi connectivity index (χ3v) is 2.83. The second-order valence-electron chi connectivity index (χ2n) is 3.86. The SMILES string of the molecule is CCCc1[c]cc(-c2ccc(Cl)cc2)cc1. The van der Waals surface area contributed by atoms with E-state index in [9.17, 15) is 0 Å². The first-order valence-corrected chi connectivity index (χ1v) is 5.94. The summed E-state index contributed by atoms with van der Waals surface area (Å²) in [6.45, 7) is 2.18. The molecule has 0 saturated heterocycles. The Bertz CT molecular complexity index is 440. The number of hydrogen-bond donors (Lipinski definition) is 0. The van der Waals surface area contributed by atoms with E-state index in [2.05, 4.69) is 25.1 Å². The predicted octanol–water partition coefficient (Wildman–Crippen LogP) is 4.76. The van der Waals surface area contributed by atoms with Gasteiger partial charge in [0.2, 0.25) is 0 Å². The van der Waals surface area contributed by atoms with E-state index in [4.69, 9.17) is 11.6 Å². The molecule has 0 aliphatic heterocycles. The zero-order valence-corrected chi connectivity index (χ0v) is 10.1. The van der Waals surface area contributed by atoms with Gasteiger partial charge in [-0.1, -0.05) is 49.2 Å². The molecule has 0 aliphatic rings. The molecule has 0 heterocycles. The fourth-order valence-electron chi connectivity index (χ4n) is 1.70. The van der Waals surface area contributed by atoms with E-state index in [0.717, 1.165) is 17.9 Å². The molecular weight excluding hydrogens is 216 g/mol. The van der Waals surface area contributed by atoms with Crippen molar-refractivity contribution in [1.82, 2.24) is 0 Å². The van der Waals surface area contributed by atoms with Gasteiger partial charge in [-0.2, -0.15) is 0 Å². The molecule has 81 valence electrons. The monoisotopic (exact) mass is 229 g/mol. The van der Waals surface area contributed by atoms with Crippen LogP contribution < -0.4 is 0 Å². The topological polar surface area (TPSA) is 0 Å². The van der Waals surface area contributed by atoms with Gasteiger partial charge in [0.1, 0.15) is 0 Å². The number of halogens is 1. The largest absolute Gasteiger partial charge is 0.0843 e. The van der Waals surface area contributed by atoms with Crippen LogP contribution in [0.5, 0.6) is 0 Å². The average Bonchev–Trinajstić information content (AvgIpc) is 2.32. The predicted molar refractivity (Wildman–Crippen MR) is 69.7 cm³/mol. The van der Waals surface area contributed by atoms with Crippen molar-refractivity contribution in [2.75, 3.05) is 0 Å². The summed E-state index contributed by atoms with van der Waals surface area (Å²) in [7, 11) is 0. The van der Waals surface area contributed by atoms with Crippen LogP contribution in [0.15, 0.2) is 42.5 Å². The summed E-state index contributed by atoms with van der Waals surface area (Å²) in [6.07, 6.45) is 2.26. The van der Waals surface area contributed by atoms with Crippen LogP contribution in [0.4, 0.5) is 0 Å². The molecule has 0 unspecified atom stereocenters. The van der Waals surface area contributed by atoms with Gasteiger partial charge in [0, 0.05) is 5.02 Å². The molecule has 0 N–H and O–H groups in total. The van der Waals surface area contributed by atoms with Crippen LogP contribution in [0.1, 0.15) is 18.9 Å². The molecule has 2 aromatic rings. The first kappa shape index (κ1) is 11.2. The number of benzene rings is 2. The van der Waals surface area contributed by atoms with Gasteiger partial charge in [-0.05, 0) is 47.4 Å². The zero-order valence-electron chi connectivity index (χ0n) is 9.33. The van der Waals surface area contributed by atoms with Crippen molar-refractivity contribution in [2.45, 2.75) is 19.8 Å². The molecule has 0 amide bonds. The minimum absolute atomic E-state index is 0.773. The van der Waals surface area contributed by atoms with Crippen molar-refractivity contribution in [3.8, 4) is 11.1 Å². The molecule has 0 nitrogen and oxygen atoms in total. The van der Waals surface area contributed by atoms with Gasteiger partial charge in [0.05, 0.1) is 0 Å². The third kappa shape index (κ3) is 2.65. The van der Waals surface area contributed by atoms with Gasteiger partial charge < -0.3 is 0 Å². The Kier molecular flexibility index (Phi) is 3.63. The van der Waals surface area contributed by atoms with E-state index in [1.54, 1.807) is 0 Å². The molecule has 2 rings (SSSR count). The zero-order chi connectivity index (χ0) is 11.4. The van der Waals surface area contributed by atoms with Crippen LogP contribution in [0, 0.1) is 6.07 Å². The maximum atomic E-state index is 5.86. The van der Waals surface area contributed by atoms with E-state index >= 15 is 0 Å². The Balaban J connectivity index is 2.24. The van der Waals surface area contributed by atoms with Gasteiger partial charge in [-0.15, -0.1) is 0 Å². The van der Waals surface area contributed by atoms with Crippen LogP contribution >= 0.6 is 11.6 Å². The molecule has 0 bridgehead atoms. The minimum atomic E-state index is 0.773. The van der Waals surface area contributed by atoms with E-state index in [1.165, 1.54) is 16.7 Å². The summed E-state index contributed by atoms with van der Waals surface area (Å²) in [4.78, 5) is 0. The number of aryl methyl sites for hydroxylation is 1. The minimum Gasteiger partial charge on any atom is -0.0843 e. The first-order valence-electron chi connectivity index (χ1n) is 5.56. The van der Waals surface area contributed by atoms with Crippen LogP contribution in [0.2, 0.25) is 5.02 Å². The average molecular weight is 230 g/mol. The Morgan fingerprint density at radius 3 is 2.25 bits per heavy atom. The van der Waals surface area contributed by atoms with Gasteiger partial charge in [0.25, 0.3) is 0 Å². The third-order valence-electron chi connectivity index (χ3n) is 2.57. The molecule has 0 atom stereocenters. The van der Waals surface area contributed by atoms with E-state index in [0.29, 0.717) is 0 Å². The molecule has 1 radical (unpaired) electrons. The standard InChI is InChI=1S/C15H14Cl/c1-2-3-12-4-6-13(7-5-12)14-8-10-15(16)11-9-14/h4,6-11H,2-3H2,1H3. The quantitative estimate of drug-likeness (QED) is 0.712. The van der Waals surface area contributed by atoms with E-state index < -0.39 is 0 Å². The lowest BCUT2D eigenvalue weighted by Gasteiger charge is -2.03. The molecule has 0 fully saturated rings. The van der Waals surface area contributed by atoms with Gasteiger partial charge in [0.15, 0.2) is 0 Å². The molecule has 0 spiro atoms. The second-order valence-corrected chi connectivity index (χ2v) is 4.30. The van der Waals surface area contributed by atoms with Crippen molar-refractivity contribution < 1.29 is 0 Å². The lowest BCUT2D eigenvalue weighted by atomic mass is 10.0.